The van der Waals surface area contributed by atoms with Crippen LogP contribution in [-0.2, 0) is 16.6 Å². The lowest BCUT2D eigenvalue weighted by Gasteiger charge is -2.05. The number of sulfonamides is 1. The van der Waals surface area contributed by atoms with Crippen LogP contribution in [0, 0.1) is 10.1 Å². The molecule has 0 unspecified atom stereocenters. The van der Waals surface area contributed by atoms with Crippen LogP contribution in [0.1, 0.15) is 5.69 Å². The highest BCUT2D eigenvalue weighted by Gasteiger charge is 2.20. The molecule has 0 aliphatic rings. The summed E-state index contributed by atoms with van der Waals surface area (Å²) in [6, 6.07) is 4.73. The third kappa shape index (κ3) is 3.13. The second-order valence-electron chi connectivity index (χ2n) is 3.69. The van der Waals surface area contributed by atoms with E-state index >= 15 is 0 Å². The first kappa shape index (κ1) is 14.4. The molecule has 1 aromatic heterocycles. The standard InChI is InChI=1S/C10H8ClN3O5S/c11-9-2-1-8(5-10(9)14(15)16)20(17,18)12-6-7-3-4-19-13-7/h1-5,12H,6H2. The third-order valence-electron chi connectivity index (χ3n) is 2.36. The lowest BCUT2D eigenvalue weighted by molar-refractivity contribution is -0.384. The number of hydrogen-bond acceptors (Lipinski definition) is 6. The van der Waals surface area contributed by atoms with E-state index in [0.29, 0.717) is 5.69 Å². The van der Waals surface area contributed by atoms with Gasteiger partial charge in [-0.1, -0.05) is 16.8 Å². The Hall–Kier alpha value is -1.97. The van der Waals surface area contributed by atoms with Gasteiger partial charge in [-0.3, -0.25) is 10.1 Å². The van der Waals surface area contributed by atoms with E-state index in [-0.39, 0.29) is 16.5 Å². The smallest absolute Gasteiger partial charge is 0.289 e. The van der Waals surface area contributed by atoms with Gasteiger partial charge in [0.2, 0.25) is 10.0 Å². The number of aromatic nitrogens is 1. The van der Waals surface area contributed by atoms with Gasteiger partial charge >= 0.3 is 0 Å². The first-order valence-electron chi connectivity index (χ1n) is 5.23. The van der Waals surface area contributed by atoms with Crippen LogP contribution in [0.2, 0.25) is 5.02 Å². The largest absolute Gasteiger partial charge is 0.364 e. The number of nitrogens with one attached hydrogen (secondary N) is 1. The van der Waals surface area contributed by atoms with Gasteiger partial charge in [0.05, 0.1) is 22.1 Å². The Kier molecular flexibility index (Phi) is 4.02. The average Bonchev–Trinajstić information content (AvgIpc) is 2.89. The Balaban J connectivity index is 2.25. The normalized spacial score (nSPS) is 11.4. The predicted octanol–water partition coefficient (Wildman–Crippen LogP) is 1.71. The number of rotatable bonds is 5. The van der Waals surface area contributed by atoms with Crippen LogP contribution in [0.25, 0.3) is 0 Å². The Morgan fingerprint density at radius 3 is 2.75 bits per heavy atom. The van der Waals surface area contributed by atoms with E-state index < -0.39 is 20.6 Å². The zero-order chi connectivity index (χ0) is 14.8. The summed E-state index contributed by atoms with van der Waals surface area (Å²) < 4.78 is 30.8. The Morgan fingerprint density at radius 2 is 2.15 bits per heavy atom. The summed E-state index contributed by atoms with van der Waals surface area (Å²) in [5.41, 5.74) is -0.0898. The predicted molar refractivity (Wildman–Crippen MR) is 68.6 cm³/mol. The van der Waals surface area contributed by atoms with Gasteiger partial charge in [-0.05, 0) is 12.1 Å². The molecule has 8 nitrogen and oxygen atoms in total. The van der Waals surface area contributed by atoms with E-state index in [4.69, 9.17) is 11.6 Å². The molecular formula is C10H8ClN3O5S. The number of nitro groups is 1. The van der Waals surface area contributed by atoms with Crippen LogP contribution in [0.5, 0.6) is 0 Å². The maximum Gasteiger partial charge on any atom is 0.289 e. The molecule has 0 saturated heterocycles. The van der Waals surface area contributed by atoms with Gasteiger partial charge in [-0.25, -0.2) is 13.1 Å². The molecule has 0 fully saturated rings. The molecule has 106 valence electrons. The van der Waals surface area contributed by atoms with Gasteiger partial charge < -0.3 is 4.52 Å². The van der Waals surface area contributed by atoms with E-state index in [0.717, 1.165) is 12.1 Å². The van der Waals surface area contributed by atoms with E-state index in [1.54, 1.807) is 0 Å². The second-order valence-corrected chi connectivity index (χ2v) is 5.86. The van der Waals surface area contributed by atoms with E-state index in [1.807, 2.05) is 0 Å². The lowest BCUT2D eigenvalue weighted by atomic mass is 10.3. The molecule has 0 aliphatic heterocycles. The maximum atomic E-state index is 12.0. The minimum atomic E-state index is -3.90. The van der Waals surface area contributed by atoms with Crippen LogP contribution >= 0.6 is 11.6 Å². The van der Waals surface area contributed by atoms with Crippen molar-refractivity contribution in [2.24, 2.45) is 0 Å². The summed E-state index contributed by atoms with van der Waals surface area (Å²) in [6.45, 7) is -0.0880. The van der Waals surface area contributed by atoms with Gasteiger partial charge in [-0.15, -0.1) is 0 Å². The van der Waals surface area contributed by atoms with Crippen molar-refractivity contribution in [1.29, 1.82) is 0 Å². The van der Waals surface area contributed by atoms with E-state index in [1.165, 1.54) is 18.4 Å². The minimum absolute atomic E-state index is 0.0880. The number of benzene rings is 1. The first-order chi connectivity index (χ1) is 9.40. The quantitative estimate of drug-likeness (QED) is 0.663. The molecule has 0 aliphatic carbocycles. The van der Waals surface area contributed by atoms with Crippen molar-refractivity contribution < 1.29 is 17.9 Å². The molecule has 10 heteroatoms. The van der Waals surface area contributed by atoms with E-state index in [2.05, 4.69) is 14.4 Å². The highest BCUT2D eigenvalue weighted by Crippen LogP contribution is 2.26. The average molecular weight is 318 g/mol. The fourth-order valence-corrected chi connectivity index (χ4v) is 2.59. The zero-order valence-electron chi connectivity index (χ0n) is 9.82. The molecule has 0 spiro atoms. The van der Waals surface area contributed by atoms with Crippen LogP contribution in [-0.4, -0.2) is 18.5 Å². The Labute approximate surface area is 118 Å². The van der Waals surface area contributed by atoms with Crippen LogP contribution < -0.4 is 4.72 Å². The van der Waals surface area contributed by atoms with Crippen molar-refractivity contribution in [3.05, 3.63) is 51.4 Å². The molecule has 1 N–H and O–H groups in total. The molecule has 0 bridgehead atoms. The van der Waals surface area contributed by atoms with Gasteiger partial charge in [0.25, 0.3) is 5.69 Å². The molecule has 1 aromatic carbocycles. The number of nitrogens with zero attached hydrogens (tertiary/aromatic N) is 2. The van der Waals surface area contributed by atoms with Crippen molar-refractivity contribution >= 4 is 27.3 Å². The molecular weight excluding hydrogens is 310 g/mol. The zero-order valence-corrected chi connectivity index (χ0v) is 11.4. The fraction of sp³-hybridized carbons (Fsp3) is 0.100. The number of halogens is 1. The number of hydrogen-bond donors (Lipinski definition) is 1. The molecule has 0 saturated carbocycles. The molecule has 1 heterocycles. The molecule has 2 rings (SSSR count). The van der Waals surface area contributed by atoms with Gasteiger partial charge in [-0.2, -0.15) is 0 Å². The van der Waals surface area contributed by atoms with Crippen molar-refractivity contribution in [2.75, 3.05) is 0 Å². The fourth-order valence-electron chi connectivity index (χ4n) is 1.38. The van der Waals surface area contributed by atoms with Crippen molar-refractivity contribution in [3.63, 3.8) is 0 Å². The topological polar surface area (TPSA) is 115 Å². The van der Waals surface area contributed by atoms with Crippen LogP contribution in [0.3, 0.4) is 0 Å². The van der Waals surface area contributed by atoms with Crippen molar-refractivity contribution in [2.45, 2.75) is 11.4 Å². The third-order valence-corrected chi connectivity index (χ3v) is 4.08. The van der Waals surface area contributed by atoms with Gasteiger partial charge in [0, 0.05) is 12.1 Å². The summed E-state index contributed by atoms with van der Waals surface area (Å²) in [5, 5.41) is 14.1. The monoisotopic (exact) mass is 317 g/mol. The summed E-state index contributed by atoms with van der Waals surface area (Å²) in [5.74, 6) is 0. The summed E-state index contributed by atoms with van der Waals surface area (Å²) in [7, 11) is -3.90. The van der Waals surface area contributed by atoms with E-state index in [9.17, 15) is 18.5 Å². The Morgan fingerprint density at radius 1 is 1.40 bits per heavy atom. The van der Waals surface area contributed by atoms with Crippen LogP contribution in [0.15, 0.2) is 39.9 Å². The highest BCUT2D eigenvalue weighted by molar-refractivity contribution is 7.89. The lowest BCUT2D eigenvalue weighted by Crippen LogP contribution is -2.23. The minimum Gasteiger partial charge on any atom is -0.364 e. The molecule has 0 amide bonds. The summed E-state index contributed by atoms with van der Waals surface area (Å²) >= 11 is 5.62. The molecule has 0 atom stereocenters. The summed E-state index contributed by atoms with van der Waals surface area (Å²) in [4.78, 5) is 9.73. The SMILES string of the molecule is O=[N+]([O-])c1cc(S(=O)(=O)NCc2ccon2)ccc1Cl. The van der Waals surface area contributed by atoms with Gasteiger partial charge in [0.1, 0.15) is 11.3 Å². The van der Waals surface area contributed by atoms with Crippen molar-refractivity contribution in [3.8, 4) is 0 Å². The van der Waals surface area contributed by atoms with Gasteiger partial charge in [0.15, 0.2) is 0 Å². The highest BCUT2D eigenvalue weighted by atomic mass is 35.5. The molecule has 2 aromatic rings. The summed E-state index contributed by atoms with van der Waals surface area (Å²) in [6.07, 6.45) is 1.30. The number of nitro benzene ring substituents is 1. The van der Waals surface area contributed by atoms with Crippen molar-refractivity contribution in [1.82, 2.24) is 9.88 Å². The maximum absolute atomic E-state index is 12.0. The molecule has 0 radical (unpaired) electrons. The first-order valence-corrected chi connectivity index (χ1v) is 7.09. The second kappa shape index (κ2) is 5.57. The Bertz CT molecular complexity index is 729. The van der Waals surface area contributed by atoms with Crippen LogP contribution in [0.4, 0.5) is 5.69 Å². The molecule has 20 heavy (non-hydrogen) atoms.